The molecule has 1 saturated heterocycles. The number of nitrogens with one attached hydrogen (secondary N) is 1. The lowest BCUT2D eigenvalue weighted by molar-refractivity contribution is -0.384. The monoisotopic (exact) mass is 252 g/mol. The zero-order valence-corrected chi connectivity index (χ0v) is 10.4. The molecule has 98 valence electrons. The minimum atomic E-state index is -0.407. The predicted octanol–water partition coefficient (Wildman–Crippen LogP) is 1.26. The second-order valence-corrected chi connectivity index (χ2v) is 4.17. The minimum Gasteiger partial charge on any atom is -0.380 e. The molecule has 1 atom stereocenters. The smallest absolute Gasteiger partial charge is 0.276 e. The standard InChI is InChI=1S/C11H16N4O3/c1-12-10-5-8(15(16)17)6-11(13-10)14-4-3-9(7-14)18-2/h5-6,9H,3-4,7H2,1-2H3,(H,12,13). The molecule has 0 bridgehead atoms. The Morgan fingerprint density at radius 2 is 2.39 bits per heavy atom. The lowest BCUT2D eigenvalue weighted by Crippen LogP contribution is -2.23. The molecule has 7 nitrogen and oxygen atoms in total. The molecule has 1 N–H and O–H groups in total. The van der Waals surface area contributed by atoms with Crippen LogP contribution in [0.5, 0.6) is 0 Å². The van der Waals surface area contributed by atoms with Crippen molar-refractivity contribution < 1.29 is 9.66 Å². The summed E-state index contributed by atoms with van der Waals surface area (Å²) in [7, 11) is 3.37. The summed E-state index contributed by atoms with van der Waals surface area (Å²) in [5.41, 5.74) is 0.0465. The molecule has 1 unspecified atom stereocenters. The maximum atomic E-state index is 10.9. The molecule has 1 aliphatic heterocycles. The van der Waals surface area contributed by atoms with Gasteiger partial charge in [0.05, 0.1) is 23.2 Å². The number of rotatable bonds is 4. The first-order valence-corrected chi connectivity index (χ1v) is 5.76. The Kier molecular flexibility index (Phi) is 3.61. The van der Waals surface area contributed by atoms with Crippen LogP contribution in [0, 0.1) is 10.1 Å². The van der Waals surface area contributed by atoms with Crippen LogP contribution in [0.2, 0.25) is 0 Å². The van der Waals surface area contributed by atoms with Crippen LogP contribution in [-0.2, 0) is 4.74 Å². The highest BCUT2D eigenvalue weighted by Gasteiger charge is 2.24. The van der Waals surface area contributed by atoms with E-state index in [1.54, 1.807) is 14.2 Å². The van der Waals surface area contributed by atoms with Gasteiger partial charge in [-0.25, -0.2) is 4.98 Å². The van der Waals surface area contributed by atoms with Crippen molar-refractivity contribution >= 4 is 17.3 Å². The zero-order chi connectivity index (χ0) is 13.1. The molecule has 0 amide bonds. The summed E-state index contributed by atoms with van der Waals surface area (Å²) in [6.45, 7) is 1.52. The van der Waals surface area contributed by atoms with Gasteiger partial charge < -0.3 is 15.0 Å². The highest BCUT2D eigenvalue weighted by Crippen LogP contribution is 2.26. The SMILES string of the molecule is CNc1cc([N+](=O)[O-])cc(N2CCC(OC)C2)n1. The fourth-order valence-electron chi connectivity index (χ4n) is 2.03. The van der Waals surface area contributed by atoms with Crippen molar-refractivity contribution in [3.63, 3.8) is 0 Å². The van der Waals surface area contributed by atoms with E-state index < -0.39 is 4.92 Å². The van der Waals surface area contributed by atoms with Gasteiger partial charge in [0.2, 0.25) is 0 Å². The van der Waals surface area contributed by atoms with E-state index in [-0.39, 0.29) is 11.8 Å². The topological polar surface area (TPSA) is 80.5 Å². The van der Waals surface area contributed by atoms with Crippen molar-refractivity contribution in [2.45, 2.75) is 12.5 Å². The molecule has 0 aliphatic carbocycles. The number of nitrogens with zero attached hydrogens (tertiary/aromatic N) is 3. The number of aromatic nitrogens is 1. The summed E-state index contributed by atoms with van der Waals surface area (Å²) < 4.78 is 5.28. The lowest BCUT2D eigenvalue weighted by Gasteiger charge is -2.17. The van der Waals surface area contributed by atoms with Gasteiger partial charge in [-0.2, -0.15) is 0 Å². The molecule has 18 heavy (non-hydrogen) atoms. The van der Waals surface area contributed by atoms with E-state index in [4.69, 9.17) is 4.74 Å². The van der Waals surface area contributed by atoms with E-state index in [1.807, 2.05) is 4.90 Å². The second-order valence-electron chi connectivity index (χ2n) is 4.17. The van der Waals surface area contributed by atoms with Crippen molar-refractivity contribution in [2.24, 2.45) is 0 Å². The van der Waals surface area contributed by atoms with Gasteiger partial charge >= 0.3 is 0 Å². The number of hydrogen-bond acceptors (Lipinski definition) is 6. The van der Waals surface area contributed by atoms with E-state index in [2.05, 4.69) is 10.3 Å². The normalized spacial score (nSPS) is 19.0. The Bertz CT molecular complexity index is 452. The van der Waals surface area contributed by atoms with Gasteiger partial charge in [0, 0.05) is 27.2 Å². The first kappa shape index (κ1) is 12.6. The third-order valence-electron chi connectivity index (χ3n) is 3.07. The van der Waals surface area contributed by atoms with Gasteiger partial charge in [-0.3, -0.25) is 10.1 Å². The summed E-state index contributed by atoms with van der Waals surface area (Å²) in [5.74, 6) is 1.12. The van der Waals surface area contributed by atoms with E-state index in [1.165, 1.54) is 12.1 Å². The Balaban J connectivity index is 2.27. The highest BCUT2D eigenvalue weighted by molar-refractivity contribution is 5.56. The maximum absolute atomic E-state index is 10.9. The molecule has 0 radical (unpaired) electrons. The Morgan fingerprint density at radius 3 is 2.94 bits per heavy atom. The van der Waals surface area contributed by atoms with E-state index in [0.29, 0.717) is 18.2 Å². The Hall–Kier alpha value is -1.89. The van der Waals surface area contributed by atoms with Crippen LogP contribution < -0.4 is 10.2 Å². The number of methoxy groups -OCH3 is 1. The van der Waals surface area contributed by atoms with Crippen molar-refractivity contribution in [1.82, 2.24) is 4.98 Å². The molecule has 0 spiro atoms. The number of ether oxygens (including phenoxy) is 1. The number of pyridine rings is 1. The molecule has 1 fully saturated rings. The summed E-state index contributed by atoms with van der Waals surface area (Å²) in [5, 5.41) is 13.7. The predicted molar refractivity (Wildman–Crippen MR) is 68.1 cm³/mol. The summed E-state index contributed by atoms with van der Waals surface area (Å²) >= 11 is 0. The third-order valence-corrected chi connectivity index (χ3v) is 3.07. The van der Waals surface area contributed by atoms with Gasteiger partial charge in [0.15, 0.2) is 0 Å². The molecule has 0 aromatic carbocycles. The number of anilines is 2. The first-order chi connectivity index (χ1) is 8.63. The molecular weight excluding hydrogens is 236 g/mol. The van der Waals surface area contributed by atoms with Crippen LogP contribution in [0.4, 0.5) is 17.3 Å². The molecule has 2 rings (SSSR count). The maximum Gasteiger partial charge on any atom is 0.276 e. The Morgan fingerprint density at radius 1 is 1.61 bits per heavy atom. The summed E-state index contributed by atoms with van der Waals surface area (Å²) in [6.07, 6.45) is 1.08. The van der Waals surface area contributed by atoms with Gasteiger partial charge in [0.25, 0.3) is 5.69 Å². The van der Waals surface area contributed by atoms with Crippen LogP contribution in [0.25, 0.3) is 0 Å². The van der Waals surface area contributed by atoms with E-state index >= 15 is 0 Å². The van der Waals surface area contributed by atoms with Gasteiger partial charge in [0.1, 0.15) is 11.6 Å². The molecule has 7 heteroatoms. The molecule has 2 heterocycles. The van der Waals surface area contributed by atoms with Crippen molar-refractivity contribution in [1.29, 1.82) is 0 Å². The fraction of sp³-hybridized carbons (Fsp3) is 0.545. The molecule has 0 saturated carbocycles. The van der Waals surface area contributed by atoms with Crippen molar-refractivity contribution in [3.8, 4) is 0 Å². The number of nitro groups is 1. The molecular formula is C11H16N4O3. The quantitative estimate of drug-likeness (QED) is 0.641. The van der Waals surface area contributed by atoms with Crippen LogP contribution in [0.1, 0.15) is 6.42 Å². The highest BCUT2D eigenvalue weighted by atomic mass is 16.6. The second kappa shape index (κ2) is 5.18. The average molecular weight is 252 g/mol. The van der Waals surface area contributed by atoms with Gasteiger partial charge in [-0.05, 0) is 6.42 Å². The Labute approximate surface area is 105 Å². The molecule has 1 aromatic rings. The average Bonchev–Trinajstić information content (AvgIpc) is 2.86. The van der Waals surface area contributed by atoms with Crippen LogP contribution in [0.3, 0.4) is 0 Å². The summed E-state index contributed by atoms with van der Waals surface area (Å²) in [6, 6.07) is 2.92. The van der Waals surface area contributed by atoms with Crippen molar-refractivity contribution in [2.75, 3.05) is 37.5 Å². The fourth-order valence-corrected chi connectivity index (χ4v) is 2.03. The minimum absolute atomic E-state index is 0.0465. The number of hydrogen-bond donors (Lipinski definition) is 1. The zero-order valence-electron chi connectivity index (χ0n) is 10.4. The third kappa shape index (κ3) is 2.51. The first-order valence-electron chi connectivity index (χ1n) is 5.76. The van der Waals surface area contributed by atoms with Crippen LogP contribution in [-0.4, -0.2) is 43.3 Å². The lowest BCUT2D eigenvalue weighted by atomic mass is 10.3. The van der Waals surface area contributed by atoms with E-state index in [9.17, 15) is 10.1 Å². The largest absolute Gasteiger partial charge is 0.380 e. The van der Waals surface area contributed by atoms with Gasteiger partial charge in [-0.1, -0.05) is 0 Å². The van der Waals surface area contributed by atoms with Gasteiger partial charge in [-0.15, -0.1) is 0 Å². The van der Waals surface area contributed by atoms with E-state index in [0.717, 1.165) is 13.0 Å². The van der Waals surface area contributed by atoms with Crippen molar-refractivity contribution in [3.05, 3.63) is 22.2 Å². The summed E-state index contributed by atoms with van der Waals surface area (Å²) in [4.78, 5) is 16.8. The molecule has 1 aliphatic rings. The van der Waals surface area contributed by atoms with Crippen LogP contribution >= 0.6 is 0 Å². The van der Waals surface area contributed by atoms with Crippen LogP contribution in [0.15, 0.2) is 12.1 Å². The molecule has 1 aromatic heterocycles.